The zero-order valence-electron chi connectivity index (χ0n) is 12.7. The molecule has 0 unspecified atom stereocenters. The third-order valence-corrected chi connectivity index (χ3v) is 5.97. The van der Waals surface area contributed by atoms with Gasteiger partial charge >= 0.3 is 0 Å². The molecule has 1 aliphatic heterocycles. The number of carbonyl (C=O) groups is 1. The van der Waals surface area contributed by atoms with Crippen LogP contribution in [0.1, 0.15) is 19.8 Å². The van der Waals surface area contributed by atoms with Crippen LogP contribution in [0.25, 0.3) is 0 Å². The predicted octanol–water partition coefficient (Wildman–Crippen LogP) is 1.77. The molecule has 0 bridgehead atoms. The molecular formula is C14H19N3O3S3. The summed E-state index contributed by atoms with van der Waals surface area (Å²) in [5.74, 6) is -0.181. The van der Waals surface area contributed by atoms with Crippen molar-refractivity contribution in [3.8, 4) is 0 Å². The minimum Gasteiger partial charge on any atom is -0.358 e. The van der Waals surface area contributed by atoms with Gasteiger partial charge in [-0.3, -0.25) is 4.79 Å². The molecular weight excluding hydrogens is 354 g/mol. The molecule has 2 rings (SSSR count). The van der Waals surface area contributed by atoms with Crippen LogP contribution in [-0.4, -0.2) is 41.9 Å². The van der Waals surface area contributed by atoms with Gasteiger partial charge in [0.2, 0.25) is 15.9 Å². The van der Waals surface area contributed by atoms with E-state index >= 15 is 0 Å². The number of rotatable bonds is 4. The number of nitrogens with one attached hydrogen (secondary N) is 1. The SMILES string of the molecule is C[C@@H](SC(=S)N1CCCC1)C(=O)Nc1ccc(S(N)(=O)=O)cc1. The van der Waals surface area contributed by atoms with Crippen LogP contribution in [-0.2, 0) is 14.8 Å². The van der Waals surface area contributed by atoms with Crippen LogP contribution in [0.4, 0.5) is 5.69 Å². The normalized spacial score (nSPS) is 16.2. The van der Waals surface area contributed by atoms with Gasteiger partial charge in [0.1, 0.15) is 4.32 Å². The lowest BCUT2D eigenvalue weighted by atomic mass is 10.3. The molecule has 0 radical (unpaired) electrons. The van der Waals surface area contributed by atoms with Gasteiger partial charge in [-0.25, -0.2) is 13.6 Å². The number of hydrogen-bond acceptors (Lipinski definition) is 5. The second-order valence-corrected chi connectivity index (χ2v) is 8.81. The largest absolute Gasteiger partial charge is 0.358 e. The average molecular weight is 374 g/mol. The highest BCUT2D eigenvalue weighted by Crippen LogP contribution is 2.21. The quantitative estimate of drug-likeness (QED) is 0.782. The summed E-state index contributed by atoms with van der Waals surface area (Å²) in [6.45, 7) is 3.70. The maximum absolute atomic E-state index is 12.2. The number of amides is 1. The lowest BCUT2D eigenvalue weighted by molar-refractivity contribution is -0.115. The summed E-state index contributed by atoms with van der Waals surface area (Å²) in [7, 11) is -3.73. The van der Waals surface area contributed by atoms with Gasteiger partial charge in [-0.15, -0.1) is 0 Å². The Balaban J connectivity index is 1.91. The Labute approximate surface area is 145 Å². The van der Waals surface area contributed by atoms with Crippen molar-refractivity contribution in [2.75, 3.05) is 18.4 Å². The van der Waals surface area contributed by atoms with E-state index in [4.69, 9.17) is 17.4 Å². The first-order chi connectivity index (χ1) is 10.8. The number of hydrogen-bond donors (Lipinski definition) is 2. The summed E-state index contributed by atoms with van der Waals surface area (Å²) in [6, 6.07) is 5.73. The topological polar surface area (TPSA) is 92.5 Å². The van der Waals surface area contributed by atoms with E-state index < -0.39 is 10.0 Å². The second kappa shape index (κ2) is 7.61. The van der Waals surface area contributed by atoms with Crippen molar-refractivity contribution in [2.45, 2.75) is 29.9 Å². The van der Waals surface area contributed by atoms with E-state index in [9.17, 15) is 13.2 Å². The zero-order chi connectivity index (χ0) is 17.0. The molecule has 1 fully saturated rings. The summed E-state index contributed by atoms with van der Waals surface area (Å²) in [5, 5.41) is 7.44. The first kappa shape index (κ1) is 18.2. The molecule has 23 heavy (non-hydrogen) atoms. The van der Waals surface area contributed by atoms with Crippen LogP contribution in [0, 0.1) is 0 Å². The average Bonchev–Trinajstić information content (AvgIpc) is 3.01. The van der Waals surface area contributed by atoms with Gasteiger partial charge in [-0.1, -0.05) is 24.0 Å². The van der Waals surface area contributed by atoms with Crippen LogP contribution >= 0.6 is 24.0 Å². The predicted molar refractivity (Wildman–Crippen MR) is 96.9 cm³/mol. The molecule has 1 heterocycles. The number of thiocarbonyl (C=S) groups is 1. The molecule has 6 nitrogen and oxygen atoms in total. The number of likely N-dealkylation sites (tertiary alicyclic amines) is 1. The zero-order valence-corrected chi connectivity index (χ0v) is 15.1. The fourth-order valence-electron chi connectivity index (χ4n) is 2.15. The third kappa shape index (κ3) is 5.17. The van der Waals surface area contributed by atoms with Crippen LogP contribution in [0.3, 0.4) is 0 Å². The molecule has 0 spiro atoms. The van der Waals surface area contributed by atoms with Crippen LogP contribution in [0.2, 0.25) is 0 Å². The molecule has 1 aromatic rings. The molecule has 1 atom stereocenters. The van der Waals surface area contributed by atoms with Crippen molar-refractivity contribution in [3.63, 3.8) is 0 Å². The van der Waals surface area contributed by atoms with Gasteiger partial charge in [0.15, 0.2) is 0 Å². The Bertz CT molecular complexity index is 683. The van der Waals surface area contributed by atoms with E-state index in [1.54, 1.807) is 6.92 Å². The monoisotopic (exact) mass is 373 g/mol. The Morgan fingerprint density at radius 3 is 2.39 bits per heavy atom. The Kier molecular flexibility index (Phi) is 6.01. The van der Waals surface area contributed by atoms with Crippen molar-refractivity contribution in [1.82, 2.24) is 4.90 Å². The highest BCUT2D eigenvalue weighted by Gasteiger charge is 2.21. The third-order valence-electron chi connectivity index (χ3n) is 3.46. The molecule has 1 saturated heterocycles. The number of nitrogens with zero attached hydrogens (tertiary/aromatic N) is 1. The first-order valence-electron chi connectivity index (χ1n) is 7.16. The van der Waals surface area contributed by atoms with E-state index in [2.05, 4.69) is 10.2 Å². The first-order valence-corrected chi connectivity index (χ1v) is 10.00. The second-order valence-electron chi connectivity index (χ2n) is 5.28. The smallest absolute Gasteiger partial charge is 0.238 e. The molecule has 9 heteroatoms. The van der Waals surface area contributed by atoms with Crippen molar-refractivity contribution < 1.29 is 13.2 Å². The molecule has 126 valence electrons. The lowest BCUT2D eigenvalue weighted by Gasteiger charge is -2.20. The van der Waals surface area contributed by atoms with Gasteiger partial charge < -0.3 is 10.2 Å². The molecule has 0 saturated carbocycles. The van der Waals surface area contributed by atoms with E-state index in [0.717, 1.165) is 30.3 Å². The number of thioether (sulfide) groups is 1. The van der Waals surface area contributed by atoms with E-state index in [1.807, 2.05) is 0 Å². The lowest BCUT2D eigenvalue weighted by Crippen LogP contribution is -2.29. The summed E-state index contributed by atoms with van der Waals surface area (Å²) in [4.78, 5) is 14.3. The van der Waals surface area contributed by atoms with Crippen LogP contribution in [0.15, 0.2) is 29.2 Å². The maximum atomic E-state index is 12.2. The fourth-order valence-corrected chi connectivity index (χ4v) is 4.08. The molecule has 0 aromatic heterocycles. The number of nitrogens with two attached hydrogens (primary N) is 1. The number of carbonyl (C=O) groups excluding carboxylic acids is 1. The molecule has 1 aliphatic rings. The Morgan fingerprint density at radius 1 is 1.30 bits per heavy atom. The van der Waals surface area contributed by atoms with Gasteiger partial charge in [-0.05, 0) is 44.0 Å². The number of sulfonamides is 1. The minimum absolute atomic E-state index is 0.00753. The summed E-state index contributed by atoms with van der Waals surface area (Å²) < 4.78 is 23.1. The molecule has 3 N–H and O–H groups in total. The summed E-state index contributed by atoms with van der Waals surface area (Å²) in [5.41, 5.74) is 0.516. The van der Waals surface area contributed by atoms with E-state index in [0.29, 0.717) is 5.69 Å². The number of primary sulfonamides is 1. The summed E-state index contributed by atoms with van der Waals surface area (Å²) in [6.07, 6.45) is 2.27. The summed E-state index contributed by atoms with van der Waals surface area (Å²) >= 11 is 6.72. The standard InChI is InChI=1S/C14H19N3O3S3/c1-10(22-14(21)17-8-2-3-9-17)13(18)16-11-4-6-12(7-5-11)23(15,19)20/h4-7,10H,2-3,8-9H2,1H3,(H,16,18)(H2,15,19,20)/t10-/m1/s1. The van der Waals surface area contributed by atoms with Crippen molar-refractivity contribution in [1.29, 1.82) is 0 Å². The van der Waals surface area contributed by atoms with Crippen LogP contribution < -0.4 is 10.5 Å². The van der Waals surface area contributed by atoms with E-state index in [1.165, 1.54) is 36.0 Å². The molecule has 0 aliphatic carbocycles. The van der Waals surface area contributed by atoms with E-state index in [-0.39, 0.29) is 16.1 Å². The highest BCUT2D eigenvalue weighted by atomic mass is 32.2. The Morgan fingerprint density at radius 2 is 1.87 bits per heavy atom. The van der Waals surface area contributed by atoms with Crippen molar-refractivity contribution in [2.24, 2.45) is 5.14 Å². The number of benzene rings is 1. The molecule has 1 aromatic carbocycles. The highest BCUT2D eigenvalue weighted by molar-refractivity contribution is 8.23. The van der Waals surface area contributed by atoms with Gasteiger partial charge in [0.25, 0.3) is 0 Å². The van der Waals surface area contributed by atoms with Gasteiger partial charge in [0.05, 0.1) is 10.1 Å². The van der Waals surface area contributed by atoms with Crippen molar-refractivity contribution >= 4 is 49.9 Å². The van der Waals surface area contributed by atoms with Gasteiger partial charge in [0, 0.05) is 18.8 Å². The minimum atomic E-state index is -3.73. The maximum Gasteiger partial charge on any atom is 0.238 e. The van der Waals surface area contributed by atoms with Crippen LogP contribution in [0.5, 0.6) is 0 Å². The number of anilines is 1. The fraction of sp³-hybridized carbons (Fsp3) is 0.429. The Hall–Kier alpha value is -1.16. The van der Waals surface area contributed by atoms with Crippen molar-refractivity contribution in [3.05, 3.63) is 24.3 Å². The molecule has 1 amide bonds. The van der Waals surface area contributed by atoms with Gasteiger partial charge in [-0.2, -0.15) is 0 Å².